The highest BCUT2D eigenvalue weighted by atomic mass is 35.5. The number of hydrogen-bond acceptors (Lipinski definition) is 6. The van der Waals surface area contributed by atoms with Crippen LogP contribution < -0.4 is 15.7 Å². The Kier molecular flexibility index (Phi) is 8.55. The molecular weight excluding hydrogens is 575 g/mol. The van der Waals surface area contributed by atoms with Crippen LogP contribution in [-0.4, -0.2) is 48.9 Å². The van der Waals surface area contributed by atoms with Crippen molar-refractivity contribution in [1.29, 1.82) is 0 Å². The quantitative estimate of drug-likeness (QED) is 0.293. The number of carbonyl (C=O) groups is 1. The summed E-state index contributed by atoms with van der Waals surface area (Å²) in [4.78, 5) is 34.0. The molecule has 1 unspecified atom stereocenters. The third-order valence-electron chi connectivity index (χ3n) is 7.28. The van der Waals surface area contributed by atoms with Crippen LogP contribution in [-0.2, 0) is 12.7 Å². The van der Waals surface area contributed by atoms with Gasteiger partial charge >= 0.3 is 11.9 Å². The van der Waals surface area contributed by atoms with E-state index in [0.29, 0.717) is 43.8 Å². The topological polar surface area (TPSA) is 111 Å². The summed E-state index contributed by atoms with van der Waals surface area (Å²) in [6.45, 7) is 2.16. The molecule has 0 spiro atoms. The molecular formula is C29H29ClF3N5O4. The van der Waals surface area contributed by atoms with Gasteiger partial charge in [0.05, 0.1) is 39.6 Å². The zero-order valence-electron chi connectivity index (χ0n) is 22.6. The Morgan fingerprint density at radius 1 is 1.12 bits per heavy atom. The number of ether oxygens (including phenoxy) is 1. The Morgan fingerprint density at radius 3 is 2.48 bits per heavy atom. The van der Waals surface area contributed by atoms with Crippen molar-refractivity contribution in [2.75, 3.05) is 6.61 Å². The number of carbonyl (C=O) groups excluding carboxylic acids is 1. The molecule has 3 aromatic heterocycles. The standard InChI is InChI=1S/C29H29ClF3N5O4/c1-17(39)16-42-25-11-10-21(14-34-25)38-24-5-3-2-4-23(24)37(28(38)41)15-18-6-8-20(9-7-18)36-27(40)22-12-19(30)13-35-26(22)29(31,32)33/h2-5,10-14,17-18,20,39H,6-9,15-16H2,1H3,(H,36,40). The fraction of sp³-hybridized carbons (Fsp3) is 0.379. The van der Waals surface area contributed by atoms with E-state index in [4.69, 9.17) is 16.3 Å². The summed E-state index contributed by atoms with van der Waals surface area (Å²) in [5.41, 5.74) is -0.0443. The molecule has 1 aromatic carbocycles. The molecule has 3 heterocycles. The number of imidazole rings is 1. The molecule has 5 rings (SSSR count). The highest BCUT2D eigenvalue weighted by Crippen LogP contribution is 2.32. The van der Waals surface area contributed by atoms with Crippen LogP contribution in [0.1, 0.15) is 48.7 Å². The number of benzene rings is 1. The Labute approximate surface area is 243 Å². The lowest BCUT2D eigenvalue weighted by molar-refractivity contribution is -0.141. The number of para-hydroxylation sites is 2. The van der Waals surface area contributed by atoms with E-state index in [1.54, 1.807) is 34.4 Å². The van der Waals surface area contributed by atoms with Crippen LogP contribution in [0.25, 0.3) is 16.7 Å². The summed E-state index contributed by atoms with van der Waals surface area (Å²) in [5.74, 6) is -0.402. The first-order chi connectivity index (χ1) is 20.0. The van der Waals surface area contributed by atoms with Gasteiger partial charge in [0.1, 0.15) is 6.61 Å². The number of nitrogens with one attached hydrogen (secondary N) is 1. The molecule has 1 amide bonds. The smallest absolute Gasteiger partial charge is 0.434 e. The number of aromatic nitrogens is 4. The minimum Gasteiger partial charge on any atom is -0.475 e. The zero-order chi connectivity index (χ0) is 30.0. The van der Waals surface area contributed by atoms with E-state index in [-0.39, 0.29) is 29.3 Å². The second-order valence-electron chi connectivity index (χ2n) is 10.5. The molecule has 9 nitrogen and oxygen atoms in total. The number of aliphatic hydroxyl groups is 1. The highest BCUT2D eigenvalue weighted by Gasteiger charge is 2.38. The lowest BCUT2D eigenvalue weighted by Gasteiger charge is -2.29. The molecule has 2 N–H and O–H groups in total. The number of pyridine rings is 2. The number of hydrogen-bond donors (Lipinski definition) is 2. The maximum Gasteiger partial charge on any atom is 0.434 e. The summed E-state index contributed by atoms with van der Waals surface area (Å²) in [6.07, 6.45) is -0.560. The summed E-state index contributed by atoms with van der Waals surface area (Å²) >= 11 is 5.82. The molecule has 1 aliphatic carbocycles. The molecule has 1 aliphatic rings. The summed E-state index contributed by atoms with van der Waals surface area (Å²) < 4.78 is 48.9. The van der Waals surface area contributed by atoms with Gasteiger partial charge in [-0.2, -0.15) is 13.2 Å². The minimum atomic E-state index is -4.79. The number of rotatable bonds is 8. The van der Waals surface area contributed by atoms with E-state index in [9.17, 15) is 27.9 Å². The van der Waals surface area contributed by atoms with Gasteiger partial charge in [0.15, 0.2) is 5.69 Å². The van der Waals surface area contributed by atoms with Gasteiger partial charge in [-0.15, -0.1) is 0 Å². The van der Waals surface area contributed by atoms with E-state index < -0.39 is 29.4 Å². The molecule has 0 saturated heterocycles. The van der Waals surface area contributed by atoms with Crippen molar-refractivity contribution >= 4 is 28.5 Å². The van der Waals surface area contributed by atoms with Gasteiger partial charge in [0, 0.05) is 24.8 Å². The average molecular weight is 604 g/mol. The number of halogens is 4. The fourth-order valence-electron chi connectivity index (χ4n) is 5.28. The molecule has 13 heteroatoms. The van der Waals surface area contributed by atoms with Crippen molar-refractivity contribution in [1.82, 2.24) is 24.4 Å². The number of alkyl halides is 3. The second kappa shape index (κ2) is 12.1. The Bertz CT molecular complexity index is 1630. The lowest BCUT2D eigenvalue weighted by Crippen LogP contribution is -2.39. The van der Waals surface area contributed by atoms with Gasteiger partial charge in [-0.3, -0.25) is 13.9 Å². The molecule has 0 bridgehead atoms. The first kappa shape index (κ1) is 29.6. The highest BCUT2D eigenvalue weighted by molar-refractivity contribution is 6.30. The van der Waals surface area contributed by atoms with Crippen molar-refractivity contribution in [2.24, 2.45) is 5.92 Å². The van der Waals surface area contributed by atoms with E-state index in [1.807, 2.05) is 24.3 Å². The monoisotopic (exact) mass is 603 g/mol. The molecule has 42 heavy (non-hydrogen) atoms. The number of fused-ring (bicyclic) bond motifs is 1. The van der Waals surface area contributed by atoms with Crippen molar-refractivity contribution in [3.63, 3.8) is 0 Å². The van der Waals surface area contributed by atoms with Gasteiger partial charge in [-0.05, 0) is 62.8 Å². The second-order valence-corrected chi connectivity index (χ2v) is 10.9. The van der Waals surface area contributed by atoms with Crippen LogP contribution >= 0.6 is 11.6 Å². The number of aliphatic hydroxyl groups excluding tert-OH is 1. The SMILES string of the molecule is CC(O)COc1ccc(-n2c(=O)n(CC3CCC(NC(=O)c4cc(Cl)cnc4C(F)(F)F)CC3)c3ccccc32)cn1. The van der Waals surface area contributed by atoms with Crippen LogP contribution in [0.3, 0.4) is 0 Å². The zero-order valence-corrected chi connectivity index (χ0v) is 23.4. The summed E-state index contributed by atoms with van der Waals surface area (Å²) in [7, 11) is 0. The molecule has 222 valence electrons. The molecule has 1 saturated carbocycles. The van der Waals surface area contributed by atoms with Crippen LogP contribution in [0.4, 0.5) is 13.2 Å². The Hall–Kier alpha value is -3.90. The predicted molar refractivity (Wildman–Crippen MR) is 150 cm³/mol. The fourth-order valence-corrected chi connectivity index (χ4v) is 5.44. The molecule has 4 aromatic rings. The van der Waals surface area contributed by atoms with Crippen molar-refractivity contribution in [3.05, 3.63) is 81.6 Å². The molecule has 0 aliphatic heterocycles. The Balaban J connectivity index is 1.28. The largest absolute Gasteiger partial charge is 0.475 e. The third-order valence-corrected chi connectivity index (χ3v) is 7.48. The number of amides is 1. The molecule has 0 radical (unpaired) electrons. The number of nitrogens with zero attached hydrogens (tertiary/aromatic N) is 4. The van der Waals surface area contributed by atoms with Gasteiger partial charge < -0.3 is 15.2 Å². The average Bonchev–Trinajstić information content (AvgIpc) is 3.23. The van der Waals surface area contributed by atoms with Crippen molar-refractivity contribution < 1.29 is 27.8 Å². The summed E-state index contributed by atoms with van der Waals surface area (Å²) in [6, 6.07) is 11.5. The van der Waals surface area contributed by atoms with Crippen molar-refractivity contribution in [2.45, 2.75) is 57.5 Å². The van der Waals surface area contributed by atoms with E-state index >= 15 is 0 Å². The van der Waals surface area contributed by atoms with E-state index in [1.165, 1.54) is 0 Å². The van der Waals surface area contributed by atoms with E-state index in [2.05, 4.69) is 15.3 Å². The normalized spacial score (nSPS) is 18.1. The van der Waals surface area contributed by atoms with Crippen LogP contribution in [0, 0.1) is 5.92 Å². The third kappa shape index (κ3) is 6.44. The van der Waals surface area contributed by atoms with Gasteiger partial charge in [-0.1, -0.05) is 23.7 Å². The van der Waals surface area contributed by atoms with Gasteiger partial charge in [0.2, 0.25) is 5.88 Å². The van der Waals surface area contributed by atoms with Gasteiger partial charge in [0.25, 0.3) is 5.91 Å². The molecule has 1 atom stereocenters. The predicted octanol–water partition coefficient (Wildman–Crippen LogP) is 5.00. The molecule has 1 fully saturated rings. The van der Waals surface area contributed by atoms with Crippen LogP contribution in [0.2, 0.25) is 5.02 Å². The maximum absolute atomic E-state index is 13.6. The van der Waals surface area contributed by atoms with Gasteiger partial charge in [-0.25, -0.2) is 14.8 Å². The Morgan fingerprint density at radius 2 is 1.83 bits per heavy atom. The maximum atomic E-state index is 13.6. The lowest BCUT2D eigenvalue weighted by atomic mass is 9.85. The van der Waals surface area contributed by atoms with E-state index in [0.717, 1.165) is 23.3 Å². The first-order valence-electron chi connectivity index (χ1n) is 13.5. The van der Waals surface area contributed by atoms with Crippen LogP contribution in [0.15, 0.2) is 59.7 Å². The summed E-state index contributed by atoms with van der Waals surface area (Å²) in [5, 5.41) is 12.1. The minimum absolute atomic E-state index is 0.0575. The van der Waals surface area contributed by atoms with Crippen molar-refractivity contribution in [3.8, 4) is 11.6 Å². The first-order valence-corrected chi connectivity index (χ1v) is 13.9. The van der Waals surface area contributed by atoms with Crippen LogP contribution in [0.5, 0.6) is 5.88 Å².